The van der Waals surface area contributed by atoms with Gasteiger partial charge in [-0.15, -0.1) is 0 Å². The van der Waals surface area contributed by atoms with Crippen molar-refractivity contribution in [2.24, 2.45) is 0 Å². The van der Waals surface area contributed by atoms with Crippen LogP contribution in [0.15, 0.2) is 18.2 Å². The molecule has 0 saturated heterocycles. The molecule has 0 aliphatic carbocycles. The number of benzene rings is 1. The van der Waals surface area contributed by atoms with Crippen molar-refractivity contribution in [3.8, 4) is 0 Å². The zero-order valence-corrected chi connectivity index (χ0v) is 11.0. The minimum atomic E-state index is -1.06. The van der Waals surface area contributed by atoms with Gasteiger partial charge >= 0.3 is 11.9 Å². The van der Waals surface area contributed by atoms with E-state index in [1.165, 1.54) is 35.1 Å². The number of carboxylic acids is 1. The molecule has 74 valence electrons. The number of hydrogen-bond acceptors (Lipinski definition) is 3. The number of rotatable bonds is 2. The molecule has 0 aliphatic rings. The molecule has 1 N–H and O–H groups in total. The van der Waals surface area contributed by atoms with Gasteiger partial charge in [0, 0.05) is 3.57 Å². The van der Waals surface area contributed by atoms with Crippen LogP contribution in [0.3, 0.4) is 0 Å². The van der Waals surface area contributed by atoms with Gasteiger partial charge in [0.15, 0.2) is 23.0 Å². The van der Waals surface area contributed by atoms with Crippen LogP contribution in [-0.4, -0.2) is 17.0 Å². The summed E-state index contributed by atoms with van der Waals surface area (Å²) in [4.78, 5) is 21.8. The van der Waals surface area contributed by atoms with E-state index < -0.39 is 11.9 Å². The third kappa shape index (κ3) is 2.56. The van der Waals surface area contributed by atoms with Crippen LogP contribution in [0.4, 0.5) is 0 Å². The van der Waals surface area contributed by atoms with Gasteiger partial charge in [-0.05, 0) is 40.8 Å². The lowest BCUT2D eigenvalue weighted by atomic mass is 10.1. The van der Waals surface area contributed by atoms with Crippen molar-refractivity contribution in [3.05, 3.63) is 32.9 Å². The largest absolute Gasteiger partial charge is 0.478 e. The Bertz CT molecular complexity index is 389. The van der Waals surface area contributed by atoms with Crippen molar-refractivity contribution >= 4 is 57.5 Å². The van der Waals surface area contributed by atoms with Gasteiger partial charge in [0.25, 0.3) is 0 Å². The van der Waals surface area contributed by atoms with Gasteiger partial charge < -0.3 is 8.17 Å². The van der Waals surface area contributed by atoms with E-state index in [9.17, 15) is 9.59 Å². The van der Waals surface area contributed by atoms with Gasteiger partial charge in [-0.3, -0.25) is 0 Å². The lowest BCUT2D eigenvalue weighted by molar-refractivity contribution is 0.0695. The fraction of sp³-hybridized carbons (Fsp3) is 0. The smallest absolute Gasteiger partial charge is 0.347 e. The Hall–Kier alpha value is -0.380. The van der Waals surface area contributed by atoms with Gasteiger partial charge in [0.2, 0.25) is 0 Å². The molecule has 0 bridgehead atoms. The van der Waals surface area contributed by atoms with Crippen molar-refractivity contribution in [2.45, 2.75) is 0 Å². The van der Waals surface area contributed by atoms with Gasteiger partial charge in [-0.25, -0.2) is 9.59 Å². The fourth-order valence-corrected chi connectivity index (χ4v) is 1.68. The Morgan fingerprint density at radius 2 is 2.00 bits per heavy atom. The zero-order chi connectivity index (χ0) is 10.7. The van der Waals surface area contributed by atoms with E-state index >= 15 is 0 Å². The first-order chi connectivity index (χ1) is 6.56. The summed E-state index contributed by atoms with van der Waals surface area (Å²) >= 11 is 3.35. The normalized spacial score (nSPS) is 9.57. The average Bonchev–Trinajstić information content (AvgIpc) is 2.17. The summed E-state index contributed by atoms with van der Waals surface area (Å²) in [7, 11) is 0. The van der Waals surface area contributed by atoms with Crippen LogP contribution in [0.25, 0.3) is 0 Å². The first-order valence-electron chi connectivity index (χ1n) is 3.42. The van der Waals surface area contributed by atoms with Crippen molar-refractivity contribution in [2.75, 3.05) is 0 Å². The molecule has 1 aromatic carbocycles. The maximum atomic E-state index is 11.1. The number of aromatic carboxylic acids is 1. The Morgan fingerprint density at radius 3 is 2.50 bits per heavy atom. The molecule has 0 aromatic heterocycles. The van der Waals surface area contributed by atoms with Gasteiger partial charge in [0.1, 0.15) is 0 Å². The summed E-state index contributed by atoms with van der Waals surface area (Å²) in [6, 6.07) is 4.38. The maximum absolute atomic E-state index is 11.1. The molecule has 0 fully saturated rings. The topological polar surface area (TPSA) is 63.6 Å². The van der Waals surface area contributed by atoms with Crippen molar-refractivity contribution in [1.29, 1.82) is 0 Å². The molecular weight excluding hydrogens is 414 g/mol. The van der Waals surface area contributed by atoms with Gasteiger partial charge in [-0.1, -0.05) is 0 Å². The van der Waals surface area contributed by atoms with Crippen LogP contribution >= 0.6 is 45.6 Å². The molecule has 0 saturated carbocycles. The number of carboxylic acid groups (broad SMARTS) is 1. The fourth-order valence-electron chi connectivity index (χ4n) is 0.861. The van der Waals surface area contributed by atoms with E-state index in [1.54, 1.807) is 6.07 Å². The highest BCUT2D eigenvalue weighted by atomic mass is 127. The van der Waals surface area contributed by atoms with Gasteiger partial charge in [-0.2, -0.15) is 0 Å². The molecule has 0 atom stereocenters. The summed E-state index contributed by atoms with van der Waals surface area (Å²) in [6.45, 7) is 0. The van der Waals surface area contributed by atoms with E-state index in [0.29, 0.717) is 3.57 Å². The van der Waals surface area contributed by atoms with Crippen LogP contribution < -0.4 is 0 Å². The average molecular weight is 418 g/mol. The van der Waals surface area contributed by atoms with Crippen molar-refractivity contribution in [1.82, 2.24) is 0 Å². The highest BCUT2D eigenvalue weighted by molar-refractivity contribution is 14.1. The molecule has 1 rings (SSSR count). The Kier molecular flexibility index (Phi) is 4.11. The van der Waals surface area contributed by atoms with Crippen molar-refractivity contribution in [3.63, 3.8) is 0 Å². The third-order valence-electron chi connectivity index (χ3n) is 1.50. The molecule has 0 radical (unpaired) electrons. The third-order valence-corrected chi connectivity index (χ3v) is 2.84. The molecule has 1 aromatic rings. The van der Waals surface area contributed by atoms with Crippen LogP contribution in [0.5, 0.6) is 0 Å². The Morgan fingerprint density at radius 1 is 1.36 bits per heavy atom. The minimum absolute atomic E-state index is 0.102. The number of carbonyl (C=O) groups excluding carboxylic acids is 1. The standard InChI is InChI=1S/C8H4I2O4/c9-6-2-1-4(8(13)14-10)3-5(6)7(11)12/h1-3H,(H,11,12). The van der Waals surface area contributed by atoms with Crippen molar-refractivity contribution < 1.29 is 17.8 Å². The second kappa shape index (κ2) is 4.91. The molecule has 6 heteroatoms. The molecule has 0 heterocycles. The second-order valence-corrected chi connectivity index (χ2v) is 3.97. The minimum Gasteiger partial charge on any atom is -0.478 e. The van der Waals surface area contributed by atoms with E-state index in [-0.39, 0.29) is 11.1 Å². The summed E-state index contributed by atoms with van der Waals surface area (Å²) in [5.41, 5.74) is 0.335. The summed E-state index contributed by atoms with van der Waals surface area (Å²) in [6.07, 6.45) is 0. The van der Waals surface area contributed by atoms with E-state index in [4.69, 9.17) is 5.11 Å². The highest BCUT2D eigenvalue weighted by Crippen LogP contribution is 2.15. The monoisotopic (exact) mass is 418 g/mol. The first-order valence-corrected chi connectivity index (χ1v) is 5.38. The maximum Gasteiger partial charge on any atom is 0.347 e. The molecule has 0 amide bonds. The van der Waals surface area contributed by atoms with Crippen LogP contribution in [0.2, 0.25) is 0 Å². The SMILES string of the molecule is O=C(OI)c1ccc(I)c(C(=O)O)c1. The lowest BCUT2D eigenvalue weighted by Crippen LogP contribution is -2.04. The molecule has 14 heavy (non-hydrogen) atoms. The summed E-state index contributed by atoms with van der Waals surface area (Å²) in [5.74, 6) is -1.61. The van der Waals surface area contributed by atoms with E-state index in [2.05, 4.69) is 3.07 Å². The van der Waals surface area contributed by atoms with Crippen LogP contribution in [-0.2, 0) is 3.07 Å². The highest BCUT2D eigenvalue weighted by Gasteiger charge is 2.13. The lowest BCUT2D eigenvalue weighted by Gasteiger charge is -2.01. The quantitative estimate of drug-likeness (QED) is 0.751. The number of hydrogen-bond donors (Lipinski definition) is 1. The van der Waals surface area contributed by atoms with Crippen LogP contribution in [0, 0.1) is 3.57 Å². The molecular formula is C8H4I2O4. The second-order valence-electron chi connectivity index (χ2n) is 2.36. The zero-order valence-electron chi connectivity index (χ0n) is 6.66. The molecule has 0 spiro atoms. The predicted octanol–water partition coefficient (Wildman–Crippen LogP) is 2.50. The molecule has 0 unspecified atom stereocenters. The summed E-state index contributed by atoms with van der Waals surface area (Å²) < 4.78 is 5.03. The van der Waals surface area contributed by atoms with Gasteiger partial charge in [0.05, 0.1) is 11.1 Å². The first kappa shape index (κ1) is 11.7. The number of carbonyl (C=O) groups is 2. The summed E-state index contributed by atoms with van der Waals surface area (Å²) in [5, 5.41) is 8.79. The van der Waals surface area contributed by atoms with E-state index in [1.807, 2.05) is 22.6 Å². The molecule has 4 nitrogen and oxygen atoms in total. The Balaban J connectivity index is 3.19. The molecule has 0 aliphatic heterocycles. The Labute approximate surface area is 107 Å². The van der Waals surface area contributed by atoms with E-state index in [0.717, 1.165) is 0 Å². The predicted molar refractivity (Wildman–Crippen MR) is 65.6 cm³/mol. The number of halogens is 2. The van der Waals surface area contributed by atoms with Crippen LogP contribution in [0.1, 0.15) is 20.7 Å².